The fourth-order valence-corrected chi connectivity index (χ4v) is 2.54. The maximum absolute atomic E-state index is 12.2. The summed E-state index contributed by atoms with van der Waals surface area (Å²) >= 11 is 0. The fraction of sp³-hybridized carbons (Fsp3) is 0.400. The Morgan fingerprint density at radius 3 is 3.09 bits per heavy atom. The molecule has 0 aliphatic carbocycles. The van der Waals surface area contributed by atoms with E-state index in [1.807, 2.05) is 24.3 Å². The lowest BCUT2D eigenvalue weighted by Gasteiger charge is -2.13. The number of carbonyl (C=O) groups is 1. The van der Waals surface area contributed by atoms with E-state index in [0.717, 1.165) is 17.7 Å². The number of nitrogens with one attached hydrogen (secondary N) is 1. The Hall–Kier alpha value is -2.25. The minimum atomic E-state index is -0.410. The molecule has 1 amide bonds. The first-order valence-electron chi connectivity index (χ1n) is 7.32. The van der Waals surface area contributed by atoms with E-state index in [2.05, 4.69) is 15.4 Å². The van der Waals surface area contributed by atoms with Gasteiger partial charge in [0.15, 0.2) is 0 Å². The van der Waals surface area contributed by atoms with Crippen molar-refractivity contribution in [1.29, 1.82) is 0 Å². The maximum atomic E-state index is 12.2. The third-order valence-corrected chi connectivity index (χ3v) is 3.67. The Bertz CT molecular complexity index is 629. The van der Waals surface area contributed by atoms with Gasteiger partial charge in [-0.05, 0) is 30.5 Å². The molecule has 0 radical (unpaired) electrons. The summed E-state index contributed by atoms with van der Waals surface area (Å²) in [6, 6.07) is 7.67. The highest BCUT2D eigenvalue weighted by Crippen LogP contribution is 2.21. The smallest absolute Gasteiger partial charge is 0.253 e. The number of hydrogen-bond donors (Lipinski definition) is 2. The monoisotopic (exact) mass is 301 g/mol. The van der Waals surface area contributed by atoms with E-state index in [1.54, 1.807) is 11.0 Å². The molecule has 0 unspecified atom stereocenters. The molecule has 7 heteroatoms. The molecule has 1 aliphatic rings. The summed E-state index contributed by atoms with van der Waals surface area (Å²) in [5, 5.41) is 6.97. The van der Waals surface area contributed by atoms with Crippen LogP contribution in [0.4, 0.5) is 5.69 Å². The molecule has 1 saturated heterocycles. The van der Waals surface area contributed by atoms with Crippen molar-refractivity contribution in [3.8, 4) is 0 Å². The van der Waals surface area contributed by atoms with E-state index in [-0.39, 0.29) is 12.0 Å². The summed E-state index contributed by atoms with van der Waals surface area (Å²) < 4.78 is 7.33. The van der Waals surface area contributed by atoms with Crippen molar-refractivity contribution in [1.82, 2.24) is 14.8 Å². The predicted molar refractivity (Wildman–Crippen MR) is 81.1 cm³/mol. The van der Waals surface area contributed by atoms with E-state index in [4.69, 9.17) is 10.5 Å². The zero-order chi connectivity index (χ0) is 15.4. The molecular weight excluding hydrogens is 282 g/mol. The lowest BCUT2D eigenvalue weighted by Crippen LogP contribution is -2.29. The van der Waals surface area contributed by atoms with Crippen LogP contribution >= 0.6 is 0 Å². The van der Waals surface area contributed by atoms with Gasteiger partial charge in [-0.3, -0.25) is 4.79 Å². The lowest BCUT2D eigenvalue weighted by molar-refractivity contribution is -0.126. The Balaban J connectivity index is 1.61. The van der Waals surface area contributed by atoms with Crippen LogP contribution in [0, 0.1) is 0 Å². The van der Waals surface area contributed by atoms with E-state index in [9.17, 15) is 4.79 Å². The average Bonchev–Trinajstić information content (AvgIpc) is 3.18. The molecule has 3 N–H and O–H groups in total. The summed E-state index contributed by atoms with van der Waals surface area (Å²) in [6.07, 6.45) is 4.29. The van der Waals surface area contributed by atoms with Gasteiger partial charge in [-0.15, -0.1) is 0 Å². The van der Waals surface area contributed by atoms with E-state index < -0.39 is 6.10 Å². The van der Waals surface area contributed by atoms with E-state index in [0.29, 0.717) is 19.5 Å². The van der Waals surface area contributed by atoms with Crippen LogP contribution in [0.5, 0.6) is 0 Å². The molecule has 1 aliphatic heterocycles. The van der Waals surface area contributed by atoms with Crippen molar-refractivity contribution < 1.29 is 9.53 Å². The van der Waals surface area contributed by atoms with Crippen LogP contribution in [0.25, 0.3) is 0 Å². The van der Waals surface area contributed by atoms with Crippen LogP contribution in [-0.2, 0) is 16.1 Å². The average molecular weight is 301 g/mol. The van der Waals surface area contributed by atoms with Crippen molar-refractivity contribution in [3.63, 3.8) is 0 Å². The summed E-state index contributed by atoms with van der Waals surface area (Å²) in [4.78, 5) is 16.1. The van der Waals surface area contributed by atoms with Gasteiger partial charge in [0, 0.05) is 12.2 Å². The SMILES string of the molecule is NC[C@H]1CC[C@@H](C(=O)Nc2cccc(Cn3cncn3)c2)O1. The highest BCUT2D eigenvalue weighted by molar-refractivity contribution is 5.94. The number of ether oxygens (including phenoxy) is 1. The number of benzene rings is 1. The highest BCUT2D eigenvalue weighted by atomic mass is 16.5. The Kier molecular flexibility index (Phi) is 4.45. The Labute approximate surface area is 128 Å². The van der Waals surface area contributed by atoms with E-state index >= 15 is 0 Å². The fourth-order valence-electron chi connectivity index (χ4n) is 2.54. The molecular formula is C15H19N5O2. The van der Waals surface area contributed by atoms with Crippen molar-refractivity contribution in [2.45, 2.75) is 31.6 Å². The minimum absolute atomic E-state index is 0.00519. The van der Waals surface area contributed by atoms with Crippen LogP contribution in [0.3, 0.4) is 0 Å². The number of aromatic nitrogens is 3. The van der Waals surface area contributed by atoms with Crippen molar-refractivity contribution in [2.75, 3.05) is 11.9 Å². The van der Waals surface area contributed by atoms with Crippen LogP contribution < -0.4 is 11.1 Å². The van der Waals surface area contributed by atoms with Gasteiger partial charge in [0.2, 0.25) is 0 Å². The molecule has 116 valence electrons. The first-order chi connectivity index (χ1) is 10.7. The van der Waals surface area contributed by atoms with Gasteiger partial charge >= 0.3 is 0 Å². The number of rotatable bonds is 5. The standard InChI is InChI=1S/C15H19N5O2/c16-7-13-4-5-14(22-13)15(21)19-12-3-1-2-11(6-12)8-20-10-17-9-18-20/h1-3,6,9-10,13-14H,4-5,7-8,16H2,(H,19,21)/t13-,14+/m1/s1. The van der Waals surface area contributed by atoms with Gasteiger partial charge in [-0.25, -0.2) is 9.67 Å². The molecule has 0 saturated carbocycles. The quantitative estimate of drug-likeness (QED) is 0.850. The maximum Gasteiger partial charge on any atom is 0.253 e. The predicted octanol–water partition coefficient (Wildman–Crippen LogP) is 0.771. The molecule has 1 fully saturated rings. The van der Waals surface area contributed by atoms with Crippen LogP contribution in [0.1, 0.15) is 18.4 Å². The second kappa shape index (κ2) is 6.67. The molecule has 1 aromatic carbocycles. The van der Waals surface area contributed by atoms with E-state index in [1.165, 1.54) is 6.33 Å². The summed E-state index contributed by atoms with van der Waals surface area (Å²) in [7, 11) is 0. The van der Waals surface area contributed by atoms with Gasteiger partial charge < -0.3 is 15.8 Å². The highest BCUT2D eigenvalue weighted by Gasteiger charge is 2.29. The molecule has 1 aromatic heterocycles. The summed E-state index contributed by atoms with van der Waals surface area (Å²) in [6.45, 7) is 1.07. The topological polar surface area (TPSA) is 95.1 Å². The molecule has 0 bridgehead atoms. The van der Waals surface area contributed by atoms with Gasteiger partial charge in [0.25, 0.3) is 5.91 Å². The van der Waals surface area contributed by atoms with Gasteiger partial charge in [-0.1, -0.05) is 12.1 Å². The Morgan fingerprint density at radius 2 is 2.36 bits per heavy atom. The normalized spacial score (nSPS) is 21.0. The molecule has 22 heavy (non-hydrogen) atoms. The number of nitrogens with zero attached hydrogens (tertiary/aromatic N) is 3. The molecule has 3 rings (SSSR count). The first-order valence-corrected chi connectivity index (χ1v) is 7.32. The number of anilines is 1. The van der Waals surface area contributed by atoms with Gasteiger partial charge in [-0.2, -0.15) is 5.10 Å². The van der Waals surface area contributed by atoms with Crippen molar-refractivity contribution in [3.05, 3.63) is 42.5 Å². The number of carbonyl (C=O) groups excluding carboxylic acids is 1. The summed E-state index contributed by atoms with van der Waals surface area (Å²) in [5.41, 5.74) is 7.35. The van der Waals surface area contributed by atoms with Crippen molar-refractivity contribution >= 4 is 11.6 Å². The van der Waals surface area contributed by atoms with Crippen LogP contribution in [0.2, 0.25) is 0 Å². The number of hydrogen-bond acceptors (Lipinski definition) is 5. The van der Waals surface area contributed by atoms with Crippen LogP contribution in [0.15, 0.2) is 36.9 Å². The number of amides is 1. The third-order valence-electron chi connectivity index (χ3n) is 3.67. The van der Waals surface area contributed by atoms with Crippen molar-refractivity contribution in [2.24, 2.45) is 5.73 Å². The largest absolute Gasteiger partial charge is 0.364 e. The Morgan fingerprint density at radius 1 is 1.45 bits per heavy atom. The van der Waals surface area contributed by atoms with Gasteiger partial charge in [0.05, 0.1) is 12.6 Å². The second-order valence-corrected chi connectivity index (χ2v) is 5.34. The van der Waals surface area contributed by atoms with Crippen LogP contribution in [-0.4, -0.2) is 39.4 Å². The first kappa shape index (κ1) is 14.7. The third kappa shape index (κ3) is 3.49. The van der Waals surface area contributed by atoms with Gasteiger partial charge in [0.1, 0.15) is 18.8 Å². The molecule has 2 atom stereocenters. The molecule has 7 nitrogen and oxygen atoms in total. The zero-order valence-electron chi connectivity index (χ0n) is 12.2. The second-order valence-electron chi connectivity index (χ2n) is 5.34. The number of nitrogens with two attached hydrogens (primary N) is 1. The molecule has 0 spiro atoms. The molecule has 2 aromatic rings. The molecule has 2 heterocycles. The lowest BCUT2D eigenvalue weighted by atomic mass is 10.1. The minimum Gasteiger partial charge on any atom is -0.364 e. The summed E-state index contributed by atoms with van der Waals surface area (Å²) in [5.74, 6) is -0.117. The zero-order valence-corrected chi connectivity index (χ0v) is 12.2.